The van der Waals surface area contributed by atoms with Crippen LogP contribution >= 0.6 is 0 Å². The summed E-state index contributed by atoms with van der Waals surface area (Å²) in [6, 6.07) is 0. The van der Waals surface area contributed by atoms with Crippen molar-refractivity contribution in [3.63, 3.8) is 0 Å². The highest BCUT2D eigenvalue weighted by Crippen LogP contribution is 2.65. The summed E-state index contributed by atoms with van der Waals surface area (Å²) >= 11 is 0. The molecule has 2 aliphatic heterocycles. The lowest BCUT2D eigenvalue weighted by Crippen LogP contribution is -2.47. The van der Waals surface area contributed by atoms with E-state index in [4.69, 9.17) is 25.4 Å². The van der Waals surface area contributed by atoms with Gasteiger partial charge in [-0.3, -0.25) is 0 Å². The maximum absolute atomic E-state index is 10.2. The van der Waals surface area contributed by atoms with Gasteiger partial charge in [0.05, 0.1) is 18.8 Å². The molecule has 0 spiro atoms. The van der Waals surface area contributed by atoms with Gasteiger partial charge in [-0.2, -0.15) is 0 Å². The molecule has 7 unspecified atom stereocenters. The number of ether oxygens (including phenoxy) is 4. The Balaban J connectivity index is 1.34. The van der Waals surface area contributed by atoms with Crippen molar-refractivity contribution in [3.8, 4) is 297 Å². The van der Waals surface area contributed by atoms with Crippen LogP contribution in [-0.4, -0.2) is 47.7 Å². The lowest BCUT2D eigenvalue weighted by atomic mass is 9.88. The average Bonchev–Trinajstić information content (AvgIpc) is 3.84. The zero-order valence-corrected chi connectivity index (χ0v) is 40.1. The number of aliphatic hydroxyl groups excluding tert-OH is 1. The van der Waals surface area contributed by atoms with Gasteiger partial charge in [-0.15, -0.1) is 6.42 Å². The zero-order valence-electron chi connectivity index (χ0n) is 40.1. The maximum Gasteiger partial charge on any atom is 0.224 e. The Labute approximate surface area is 432 Å². The molecule has 3 fully saturated rings. The van der Waals surface area contributed by atoms with Crippen LogP contribution in [0, 0.1) is 308 Å². The summed E-state index contributed by atoms with van der Waals surface area (Å²) in [6.45, 7) is 10.8. The van der Waals surface area contributed by atoms with Crippen LogP contribution in [0.4, 0.5) is 0 Å². The van der Waals surface area contributed by atoms with Crippen molar-refractivity contribution in [2.45, 2.75) is 96.3 Å². The van der Waals surface area contributed by atoms with E-state index < -0.39 is 23.6 Å². The van der Waals surface area contributed by atoms with Crippen LogP contribution in [-0.2, 0) is 18.9 Å². The first kappa shape index (κ1) is 56.1. The van der Waals surface area contributed by atoms with Crippen molar-refractivity contribution < 1.29 is 24.1 Å². The quantitative estimate of drug-likeness (QED) is 0.431. The van der Waals surface area contributed by atoms with Gasteiger partial charge in [0.1, 0.15) is 11.2 Å². The second-order valence-electron chi connectivity index (χ2n) is 15.0. The molecule has 0 aromatic rings. The molecule has 5 nitrogen and oxygen atoms in total. The van der Waals surface area contributed by atoms with E-state index >= 15 is 0 Å². The van der Waals surface area contributed by atoms with Gasteiger partial charge in [0.25, 0.3) is 0 Å². The smallest absolute Gasteiger partial charge is 0.224 e. The Morgan fingerprint density at radius 2 is 0.753 bits per heavy atom. The predicted molar refractivity (Wildman–Crippen MR) is 280 cm³/mol. The molecule has 5 heteroatoms. The normalized spacial score (nSPS) is 18.0. The second-order valence-corrected chi connectivity index (χ2v) is 15.0. The molecule has 1 saturated carbocycles. The van der Waals surface area contributed by atoms with E-state index in [1.165, 1.54) is 0 Å². The van der Waals surface area contributed by atoms with Crippen LogP contribution in [0.25, 0.3) is 0 Å². The molecular formula is C68H32O5. The average molecular weight is 929 g/mol. The van der Waals surface area contributed by atoms with Crippen molar-refractivity contribution in [3.05, 3.63) is 0 Å². The van der Waals surface area contributed by atoms with Crippen LogP contribution in [0.2, 0.25) is 0 Å². The van der Waals surface area contributed by atoms with Crippen molar-refractivity contribution in [2.75, 3.05) is 6.61 Å². The van der Waals surface area contributed by atoms with E-state index in [9.17, 15) is 5.11 Å². The van der Waals surface area contributed by atoms with Gasteiger partial charge in [-0.05, 0) is 120 Å². The number of rotatable bonds is 5. The summed E-state index contributed by atoms with van der Waals surface area (Å²) in [5, 5.41) is 10.2. The Bertz CT molecular complexity index is 3910. The fraction of sp³-hybridized carbons (Fsp3) is 0.265. The summed E-state index contributed by atoms with van der Waals surface area (Å²) < 4.78 is 25.1. The number of aliphatic hydroxyl groups is 1. The predicted octanol–water partition coefficient (Wildman–Crippen LogP) is 2.93. The zero-order chi connectivity index (χ0) is 52.4. The van der Waals surface area contributed by atoms with Crippen LogP contribution in [0.5, 0.6) is 0 Å². The molecule has 1 aliphatic carbocycles. The first-order valence-electron chi connectivity index (χ1n) is 21.4. The largest absolute Gasteiger partial charge is 0.393 e. The molecule has 2 saturated heterocycles. The Morgan fingerprint density at radius 3 is 1.03 bits per heavy atom. The number of fused-ring (bicyclic) bond motifs is 1. The molecule has 1 N–H and O–H groups in total. The molecule has 334 valence electrons. The van der Waals surface area contributed by atoms with E-state index in [1.807, 2.05) is 0 Å². The second kappa shape index (κ2) is 34.1. The highest BCUT2D eigenvalue weighted by atomic mass is 16.8. The standard InChI is InChI=1S/C68H32O5/c1-7-9-10-11-12-13-14-15-16-17-18-19-20-21-22-23-24-25-26-27-28-29-30-31-32-33-34-35-36-37-38-39-40-41-42-43-44-45-46-47-48-49-50-51-52-53-54-55-56-64-72-67(57-61(3)69)60-68(67,73-64)58-62-59-70-65(66(4,5)6)71-63(62)8-2/h1,61-65,69H,8,57-60H2,2-6H3. The summed E-state index contributed by atoms with van der Waals surface area (Å²) in [6.07, 6.45) is 6.08. The number of hydrogen-bond donors (Lipinski definition) is 1. The van der Waals surface area contributed by atoms with Crippen LogP contribution < -0.4 is 0 Å². The van der Waals surface area contributed by atoms with E-state index in [0.717, 1.165) is 6.42 Å². The van der Waals surface area contributed by atoms with E-state index in [0.29, 0.717) is 25.9 Å². The monoisotopic (exact) mass is 928 g/mol. The number of hydrogen-bond acceptors (Lipinski definition) is 5. The molecule has 73 heavy (non-hydrogen) atoms. The van der Waals surface area contributed by atoms with E-state index in [-0.39, 0.29) is 23.7 Å². The summed E-state index contributed by atoms with van der Waals surface area (Å²) in [5.74, 6) is 123. The third-order valence-corrected chi connectivity index (χ3v) is 8.69. The molecule has 3 aliphatic rings. The van der Waals surface area contributed by atoms with Crippen molar-refractivity contribution in [1.82, 2.24) is 0 Å². The van der Waals surface area contributed by atoms with E-state index in [1.54, 1.807) is 6.92 Å². The minimum absolute atomic E-state index is 0.0368. The third-order valence-electron chi connectivity index (χ3n) is 8.69. The summed E-state index contributed by atoms with van der Waals surface area (Å²) in [4.78, 5) is 0. The van der Waals surface area contributed by atoms with Crippen LogP contribution in [0.15, 0.2) is 0 Å². The van der Waals surface area contributed by atoms with Crippen molar-refractivity contribution in [1.29, 1.82) is 0 Å². The molecular weight excluding hydrogens is 897 g/mol. The summed E-state index contributed by atoms with van der Waals surface area (Å²) in [5.41, 5.74) is -1.29. The van der Waals surface area contributed by atoms with Crippen LogP contribution in [0.3, 0.4) is 0 Å². The van der Waals surface area contributed by atoms with Gasteiger partial charge in [0.2, 0.25) is 6.29 Å². The lowest BCUT2D eigenvalue weighted by molar-refractivity contribution is -0.276. The van der Waals surface area contributed by atoms with Gasteiger partial charge < -0.3 is 24.1 Å². The molecule has 0 radical (unpaired) electrons. The third kappa shape index (κ3) is 24.4. The van der Waals surface area contributed by atoms with Gasteiger partial charge in [-0.1, -0.05) is 27.7 Å². The van der Waals surface area contributed by atoms with Crippen LogP contribution in [0.1, 0.15) is 60.3 Å². The molecule has 0 aromatic heterocycles. The van der Waals surface area contributed by atoms with Crippen molar-refractivity contribution >= 4 is 0 Å². The van der Waals surface area contributed by atoms with E-state index in [2.05, 4.69) is 318 Å². The first-order chi connectivity index (χ1) is 35.6. The topological polar surface area (TPSA) is 57.2 Å². The Kier molecular flexibility index (Phi) is 26.3. The molecule has 2 heterocycles. The summed E-state index contributed by atoms with van der Waals surface area (Å²) in [7, 11) is 0. The first-order valence-corrected chi connectivity index (χ1v) is 21.4. The Hall–Kier alpha value is -11.2. The molecule has 7 atom stereocenters. The molecule has 0 aromatic carbocycles. The number of terminal acetylenes is 1. The fourth-order valence-corrected chi connectivity index (χ4v) is 5.96. The molecule has 3 rings (SSSR count). The fourth-order valence-electron chi connectivity index (χ4n) is 5.96. The lowest BCUT2D eigenvalue weighted by Gasteiger charge is -2.42. The van der Waals surface area contributed by atoms with Gasteiger partial charge in [-0.25, -0.2) is 0 Å². The van der Waals surface area contributed by atoms with Gasteiger partial charge >= 0.3 is 0 Å². The van der Waals surface area contributed by atoms with Gasteiger partial charge in [0, 0.05) is 214 Å². The highest BCUT2D eigenvalue weighted by molar-refractivity contribution is 5.51. The van der Waals surface area contributed by atoms with Crippen molar-refractivity contribution in [2.24, 2.45) is 11.3 Å². The SMILES string of the molecule is C#CC#CC#CC#CC#CC#CC#CC#CC#CC#CC#CC#CC#CC#CC#CC#CC#CC#CC#CC#CC#CC#CC#CC#CC#CC1OC2(CC(C)O)CC2(CC2COC(C(C)(C)C)OC2CC)O1. The molecule has 0 amide bonds. The minimum atomic E-state index is -0.767. The molecule has 0 bridgehead atoms. The van der Waals surface area contributed by atoms with Gasteiger partial charge in [0.15, 0.2) is 6.29 Å². The minimum Gasteiger partial charge on any atom is -0.393 e. The maximum atomic E-state index is 10.2. The highest BCUT2D eigenvalue weighted by Gasteiger charge is 2.76. The Morgan fingerprint density at radius 1 is 0.466 bits per heavy atom.